The van der Waals surface area contributed by atoms with Crippen molar-refractivity contribution in [3.63, 3.8) is 0 Å². The van der Waals surface area contributed by atoms with Gasteiger partial charge >= 0.3 is 0 Å². The van der Waals surface area contributed by atoms with Crippen molar-refractivity contribution in [1.82, 2.24) is 9.55 Å². The van der Waals surface area contributed by atoms with E-state index in [1.807, 2.05) is 12.1 Å². The van der Waals surface area contributed by atoms with E-state index >= 15 is 0 Å². The van der Waals surface area contributed by atoms with E-state index in [0.29, 0.717) is 6.67 Å². The molecule has 13 rings (SSSR count). The summed E-state index contributed by atoms with van der Waals surface area (Å²) in [5.74, 6) is 2.37. The van der Waals surface area contributed by atoms with Gasteiger partial charge in [-0.15, -0.1) is 0 Å². The second kappa shape index (κ2) is 18.4. The van der Waals surface area contributed by atoms with Crippen LogP contribution in [0.15, 0.2) is 217 Å². The summed E-state index contributed by atoms with van der Waals surface area (Å²) in [5, 5.41) is 4.54. The normalized spacial score (nSPS) is 13.1. The van der Waals surface area contributed by atoms with Crippen LogP contribution >= 0.6 is 0 Å². The zero-order valence-electron chi connectivity index (χ0n) is 46.0. The van der Waals surface area contributed by atoms with Crippen LogP contribution in [0.4, 0.5) is 22.7 Å². The smallest absolute Gasteiger partial charge is 0.137 e. The number of hydrogen-bond donors (Lipinski definition) is 0. The number of rotatable bonds is 8. The monoisotopic (exact) mass is 1020 g/mol. The van der Waals surface area contributed by atoms with E-state index in [1.54, 1.807) is 0 Å². The number of fused-ring (bicyclic) bond motifs is 7. The Kier molecular flexibility index (Phi) is 11.5. The molecule has 0 saturated heterocycles. The molecule has 0 fully saturated rings. The molecule has 1 aliphatic heterocycles. The Morgan fingerprint density at radius 2 is 1.04 bits per heavy atom. The highest BCUT2D eigenvalue weighted by atomic mass is 16.5. The largest absolute Gasteiger partial charge is 0.457 e. The molecule has 3 aromatic heterocycles. The Hall–Kier alpha value is -8.87. The third-order valence-corrected chi connectivity index (χ3v) is 15.7. The number of furan rings is 1. The first kappa shape index (κ1) is 48.8. The van der Waals surface area contributed by atoms with Gasteiger partial charge in [0.15, 0.2) is 0 Å². The standard InChI is InChI=1S/C72H64N4O2/c1-70(2,3)51-38-52(71(4,5)6)40-54(39-51)75-45-74(66-37-49(29-33-64(66)75)46-19-11-10-12-20-46)53-23-18-24-55(41-53)77-56-31-32-58-57-25-13-15-27-63(57)76(65(58)42-56)69-43-62(72(7,8)9)61(44-73-69)50-22-17-21-47(35-50)48-30-34-68-60(36-48)59-26-14-16-28-67(59)78-68/h10-44H,45H2,1-9H3. The second-order valence-corrected chi connectivity index (χ2v) is 24.2. The van der Waals surface area contributed by atoms with E-state index in [1.165, 1.54) is 39.2 Å². The van der Waals surface area contributed by atoms with Crippen LogP contribution < -0.4 is 14.5 Å². The van der Waals surface area contributed by atoms with Crippen LogP contribution in [0.1, 0.15) is 79.0 Å². The maximum atomic E-state index is 6.94. The van der Waals surface area contributed by atoms with Gasteiger partial charge in [-0.2, -0.15) is 0 Å². The molecular weight excluding hydrogens is 953 g/mol. The fourth-order valence-corrected chi connectivity index (χ4v) is 11.4. The van der Waals surface area contributed by atoms with Crippen LogP contribution in [0, 0.1) is 0 Å². The molecule has 0 N–H and O–H groups in total. The van der Waals surface area contributed by atoms with Gasteiger partial charge in [0.05, 0.1) is 22.4 Å². The van der Waals surface area contributed by atoms with Crippen molar-refractivity contribution < 1.29 is 9.15 Å². The van der Waals surface area contributed by atoms with Gasteiger partial charge in [-0.25, -0.2) is 4.98 Å². The van der Waals surface area contributed by atoms with Crippen molar-refractivity contribution in [2.45, 2.75) is 78.6 Å². The minimum atomic E-state index is -0.197. The lowest BCUT2D eigenvalue weighted by atomic mass is 9.80. The van der Waals surface area contributed by atoms with Gasteiger partial charge in [-0.3, -0.25) is 4.57 Å². The molecule has 0 radical (unpaired) electrons. The first-order valence-electron chi connectivity index (χ1n) is 27.3. The Labute approximate surface area is 457 Å². The van der Waals surface area contributed by atoms with Gasteiger partial charge < -0.3 is 19.0 Å². The third kappa shape index (κ3) is 8.75. The van der Waals surface area contributed by atoms with E-state index in [4.69, 9.17) is 14.1 Å². The first-order chi connectivity index (χ1) is 37.5. The van der Waals surface area contributed by atoms with Gasteiger partial charge in [0, 0.05) is 56.8 Å². The molecule has 9 aromatic carbocycles. The molecule has 0 unspecified atom stereocenters. The van der Waals surface area contributed by atoms with E-state index in [0.717, 1.165) is 94.7 Å². The predicted molar refractivity (Wildman–Crippen MR) is 327 cm³/mol. The van der Waals surface area contributed by atoms with Crippen molar-refractivity contribution in [2.24, 2.45) is 0 Å². The molecule has 4 heterocycles. The highest BCUT2D eigenvalue weighted by Crippen LogP contribution is 2.49. The van der Waals surface area contributed by atoms with Gasteiger partial charge in [0.1, 0.15) is 35.2 Å². The van der Waals surface area contributed by atoms with Gasteiger partial charge in [0.2, 0.25) is 0 Å². The average molecular weight is 1020 g/mol. The Bertz CT molecular complexity index is 4260. The zero-order chi connectivity index (χ0) is 53.7. The third-order valence-electron chi connectivity index (χ3n) is 15.7. The summed E-state index contributed by atoms with van der Waals surface area (Å²) < 4.78 is 15.4. The topological polar surface area (TPSA) is 46.7 Å². The molecule has 0 aliphatic carbocycles. The summed E-state index contributed by atoms with van der Waals surface area (Å²) in [6, 6.07) is 74.3. The summed E-state index contributed by atoms with van der Waals surface area (Å²) in [4.78, 5) is 10.2. The molecule has 0 saturated carbocycles. The molecule has 1 aliphatic rings. The molecule has 384 valence electrons. The first-order valence-corrected chi connectivity index (χ1v) is 27.3. The fourth-order valence-electron chi connectivity index (χ4n) is 11.4. The lowest BCUT2D eigenvalue weighted by Crippen LogP contribution is -2.25. The molecule has 12 aromatic rings. The summed E-state index contributed by atoms with van der Waals surface area (Å²) in [7, 11) is 0. The van der Waals surface area contributed by atoms with Crippen LogP contribution in [0.25, 0.3) is 82.9 Å². The van der Waals surface area contributed by atoms with Crippen LogP contribution in [0.5, 0.6) is 11.5 Å². The number of hydrogen-bond acceptors (Lipinski definition) is 5. The number of para-hydroxylation sites is 2. The van der Waals surface area contributed by atoms with Crippen molar-refractivity contribution in [3.05, 3.63) is 229 Å². The molecular formula is C72H64N4O2. The van der Waals surface area contributed by atoms with Crippen LogP contribution in [0.2, 0.25) is 0 Å². The summed E-state index contributed by atoms with van der Waals surface area (Å²) >= 11 is 0. The molecule has 0 bridgehead atoms. The maximum absolute atomic E-state index is 6.94. The Morgan fingerprint density at radius 1 is 0.410 bits per heavy atom. The zero-order valence-corrected chi connectivity index (χ0v) is 46.0. The Balaban J connectivity index is 0.862. The number of pyridine rings is 1. The van der Waals surface area contributed by atoms with Crippen LogP contribution in [-0.2, 0) is 16.2 Å². The average Bonchev–Trinajstić information content (AvgIpc) is 4.31. The fraction of sp³-hybridized carbons (Fsp3) is 0.181. The highest BCUT2D eigenvalue weighted by Gasteiger charge is 2.32. The molecule has 0 atom stereocenters. The minimum absolute atomic E-state index is 0.0159. The van der Waals surface area contributed by atoms with Gasteiger partial charge in [-0.05, 0) is 146 Å². The molecule has 0 spiro atoms. The number of anilines is 4. The lowest BCUT2D eigenvalue weighted by Gasteiger charge is -2.29. The van der Waals surface area contributed by atoms with E-state index in [2.05, 4.69) is 277 Å². The second-order valence-electron chi connectivity index (χ2n) is 24.2. The number of nitrogens with zero attached hydrogens (tertiary/aromatic N) is 4. The number of benzene rings is 9. The number of aromatic nitrogens is 2. The molecule has 78 heavy (non-hydrogen) atoms. The van der Waals surface area contributed by atoms with E-state index in [-0.39, 0.29) is 16.2 Å². The van der Waals surface area contributed by atoms with Gasteiger partial charge in [0.25, 0.3) is 0 Å². The summed E-state index contributed by atoms with van der Waals surface area (Å²) in [6.45, 7) is 21.4. The summed E-state index contributed by atoms with van der Waals surface area (Å²) in [6.07, 6.45) is 2.07. The van der Waals surface area contributed by atoms with E-state index < -0.39 is 0 Å². The van der Waals surface area contributed by atoms with Crippen molar-refractivity contribution in [3.8, 4) is 50.7 Å². The van der Waals surface area contributed by atoms with E-state index in [9.17, 15) is 0 Å². The highest BCUT2D eigenvalue weighted by molar-refractivity contribution is 6.10. The predicted octanol–water partition coefficient (Wildman–Crippen LogP) is 20.0. The molecule has 6 heteroatoms. The quantitative estimate of drug-likeness (QED) is 0.152. The lowest BCUT2D eigenvalue weighted by molar-refractivity contribution is 0.483. The van der Waals surface area contributed by atoms with Crippen molar-refractivity contribution in [1.29, 1.82) is 0 Å². The maximum Gasteiger partial charge on any atom is 0.137 e. The van der Waals surface area contributed by atoms with Gasteiger partial charge in [-0.1, -0.05) is 172 Å². The van der Waals surface area contributed by atoms with Crippen molar-refractivity contribution in [2.75, 3.05) is 16.5 Å². The number of ether oxygens (including phenoxy) is 1. The minimum Gasteiger partial charge on any atom is -0.457 e. The Morgan fingerprint density at radius 3 is 1.82 bits per heavy atom. The summed E-state index contributed by atoms with van der Waals surface area (Å²) in [5.41, 5.74) is 19.0. The molecule has 0 amide bonds. The molecule has 6 nitrogen and oxygen atoms in total. The van der Waals surface area contributed by atoms with Crippen molar-refractivity contribution >= 4 is 66.5 Å². The SMILES string of the molecule is CC(C)(C)c1cc(N2CN(c3cccc(Oc4ccc5c6ccccc6n(-c6cc(C(C)(C)C)c(-c7cccc(-c8ccc9oc%10ccccc%10c9c8)c7)cn6)c5c4)c3)c3cc(-c4ccccc4)ccc32)cc(C(C)(C)C)c1. The van der Waals surface area contributed by atoms with Crippen LogP contribution in [0.3, 0.4) is 0 Å². The van der Waals surface area contributed by atoms with Crippen LogP contribution in [-0.4, -0.2) is 16.2 Å².